The fourth-order valence-electron chi connectivity index (χ4n) is 4.38. The first kappa shape index (κ1) is 29.4. The van der Waals surface area contributed by atoms with E-state index in [-0.39, 0.29) is 50.6 Å². The lowest BCUT2D eigenvalue weighted by atomic mass is 9.81. The molecule has 12 heteroatoms. The number of hydrogen-bond acceptors (Lipinski definition) is 12. The summed E-state index contributed by atoms with van der Waals surface area (Å²) in [5, 5.41) is 34.1. The minimum absolute atomic E-state index is 0.0183. The van der Waals surface area contributed by atoms with E-state index in [1.54, 1.807) is 0 Å². The number of esters is 3. The van der Waals surface area contributed by atoms with Crippen LogP contribution in [0.1, 0.15) is 53.7 Å². The molecule has 3 rings (SSSR count). The molecule has 0 saturated carbocycles. The topological polar surface area (TPSA) is 167 Å². The van der Waals surface area contributed by atoms with E-state index >= 15 is 0 Å². The van der Waals surface area contributed by atoms with Crippen molar-refractivity contribution in [2.75, 3.05) is 42.7 Å². The lowest BCUT2D eigenvalue weighted by molar-refractivity contribution is 0.0584. The Morgan fingerprint density at radius 3 is 0.950 bits per heavy atom. The summed E-state index contributed by atoms with van der Waals surface area (Å²) < 4.78 is 30.1. The summed E-state index contributed by atoms with van der Waals surface area (Å²) in [5.41, 5.74) is -1.11. The van der Waals surface area contributed by atoms with Gasteiger partial charge in [0.1, 0.15) is 51.2 Å². The fraction of sp³-hybridized carbons (Fsp3) is 0.250. The molecule has 0 spiro atoms. The van der Waals surface area contributed by atoms with Crippen molar-refractivity contribution in [2.24, 2.45) is 0 Å². The molecule has 3 aromatic carbocycles. The second-order valence-electron chi connectivity index (χ2n) is 8.15. The molecule has 0 aliphatic rings. The maximum absolute atomic E-state index is 12.6. The minimum atomic E-state index is -1.31. The molecule has 3 aromatic rings. The van der Waals surface area contributed by atoms with Gasteiger partial charge in [0.15, 0.2) is 0 Å². The second kappa shape index (κ2) is 12.2. The number of hydrogen-bond donors (Lipinski definition) is 3. The zero-order chi connectivity index (χ0) is 29.7. The van der Waals surface area contributed by atoms with Crippen LogP contribution in [0.2, 0.25) is 0 Å². The molecule has 3 N–H and O–H groups in total. The summed E-state index contributed by atoms with van der Waals surface area (Å²) >= 11 is 0. The summed E-state index contributed by atoms with van der Waals surface area (Å²) in [6, 6.07) is 8.27. The molecule has 0 radical (unpaired) electrons. The summed E-state index contributed by atoms with van der Waals surface area (Å²) in [5.74, 6) is -5.99. The Morgan fingerprint density at radius 1 is 0.500 bits per heavy atom. The molecule has 0 atom stereocenters. The van der Waals surface area contributed by atoms with Crippen LogP contribution in [-0.4, -0.2) is 75.9 Å². The number of phenols is 3. The molecule has 0 aromatic heterocycles. The molecule has 0 fully saturated rings. The number of benzene rings is 3. The van der Waals surface area contributed by atoms with Crippen LogP contribution in [0.15, 0.2) is 36.4 Å². The fourth-order valence-corrected chi connectivity index (χ4v) is 4.38. The van der Waals surface area contributed by atoms with Gasteiger partial charge in [-0.05, 0) is 18.2 Å². The highest BCUT2D eigenvalue weighted by molar-refractivity contribution is 5.98. The molecule has 212 valence electrons. The van der Waals surface area contributed by atoms with Crippen molar-refractivity contribution in [3.8, 4) is 34.5 Å². The number of phenolic OH excluding ortho intramolecular Hbond substituents is 3. The van der Waals surface area contributed by atoms with E-state index in [4.69, 9.17) is 28.4 Å². The number of ether oxygens (including phenoxy) is 6. The lowest BCUT2D eigenvalue weighted by Crippen LogP contribution is -2.13. The zero-order valence-electron chi connectivity index (χ0n) is 22.6. The van der Waals surface area contributed by atoms with Crippen LogP contribution in [0, 0.1) is 0 Å². The predicted octanol–water partition coefficient (Wildman–Crippen LogP) is 3.37. The molecule has 0 unspecified atom stereocenters. The highest BCUT2D eigenvalue weighted by Crippen LogP contribution is 2.49. The largest absolute Gasteiger partial charge is 0.507 e. The van der Waals surface area contributed by atoms with Crippen LogP contribution in [0.3, 0.4) is 0 Å². The molecule has 0 aliphatic heterocycles. The minimum Gasteiger partial charge on any atom is -0.507 e. The summed E-state index contributed by atoms with van der Waals surface area (Å²) in [4.78, 5) is 37.8. The van der Waals surface area contributed by atoms with Gasteiger partial charge in [-0.2, -0.15) is 0 Å². The Kier molecular flexibility index (Phi) is 8.94. The van der Waals surface area contributed by atoms with Gasteiger partial charge in [-0.3, -0.25) is 0 Å². The molecule has 0 aliphatic carbocycles. The standard InChI is InChI=1S/C28H28O12/c1-35-16-10-7-13(23(29)20(16)26(32)38-4)19(14-8-11-17(36-2)21(24(14)30)27(33)39-5)15-9-12-18(37-3)22(25(15)31)28(34)40-6/h7-12,19,29-31H,1-6H3. The summed E-state index contributed by atoms with van der Waals surface area (Å²) in [6.07, 6.45) is 0. The number of methoxy groups -OCH3 is 6. The van der Waals surface area contributed by atoms with Gasteiger partial charge in [-0.25, -0.2) is 14.4 Å². The van der Waals surface area contributed by atoms with Gasteiger partial charge in [0.05, 0.1) is 42.7 Å². The number of carbonyl (C=O) groups excluding carboxylic acids is 3. The third-order valence-electron chi connectivity index (χ3n) is 6.27. The second-order valence-corrected chi connectivity index (χ2v) is 8.15. The van der Waals surface area contributed by atoms with Crippen molar-refractivity contribution in [2.45, 2.75) is 5.92 Å². The van der Waals surface area contributed by atoms with Gasteiger partial charge >= 0.3 is 17.9 Å². The Bertz CT molecular complexity index is 1290. The van der Waals surface area contributed by atoms with E-state index in [0.717, 1.165) is 21.3 Å². The van der Waals surface area contributed by atoms with Crippen LogP contribution in [0.5, 0.6) is 34.5 Å². The van der Waals surface area contributed by atoms with Gasteiger partial charge in [-0.1, -0.05) is 18.2 Å². The SMILES string of the molecule is COC(=O)c1c(OC)ccc(C(c2ccc(OC)c(C(=O)OC)c2O)c2ccc(OC)c(C(=O)OC)c2O)c1O. The van der Waals surface area contributed by atoms with Crippen molar-refractivity contribution in [1.29, 1.82) is 0 Å². The highest BCUT2D eigenvalue weighted by Gasteiger charge is 2.34. The predicted molar refractivity (Wildman–Crippen MR) is 139 cm³/mol. The van der Waals surface area contributed by atoms with Gasteiger partial charge in [0.25, 0.3) is 0 Å². The Labute approximate surface area is 229 Å². The normalized spacial score (nSPS) is 10.6. The number of carbonyl (C=O) groups is 3. The molecule has 12 nitrogen and oxygen atoms in total. The van der Waals surface area contributed by atoms with Gasteiger partial charge in [-0.15, -0.1) is 0 Å². The van der Waals surface area contributed by atoms with E-state index in [1.807, 2.05) is 0 Å². The van der Waals surface area contributed by atoms with Crippen molar-refractivity contribution >= 4 is 17.9 Å². The van der Waals surface area contributed by atoms with E-state index in [0.29, 0.717) is 0 Å². The van der Waals surface area contributed by atoms with Crippen molar-refractivity contribution in [3.63, 3.8) is 0 Å². The molecule has 40 heavy (non-hydrogen) atoms. The Hall–Kier alpha value is -5.13. The van der Waals surface area contributed by atoms with Gasteiger partial charge in [0, 0.05) is 22.6 Å². The summed E-state index contributed by atoms with van der Waals surface area (Å²) in [7, 11) is 7.19. The maximum atomic E-state index is 12.6. The first-order valence-electron chi connectivity index (χ1n) is 11.6. The van der Waals surface area contributed by atoms with Gasteiger partial charge < -0.3 is 43.7 Å². The first-order valence-corrected chi connectivity index (χ1v) is 11.6. The molecular formula is C28H28O12. The quantitative estimate of drug-likeness (QED) is 0.200. The molecule has 0 amide bonds. The molecule has 0 heterocycles. The number of aromatic hydroxyl groups is 3. The van der Waals surface area contributed by atoms with Crippen LogP contribution in [0.4, 0.5) is 0 Å². The summed E-state index contributed by atoms with van der Waals surface area (Å²) in [6.45, 7) is 0. The van der Waals surface area contributed by atoms with Crippen molar-refractivity contribution < 1.29 is 58.1 Å². The average Bonchev–Trinajstić information content (AvgIpc) is 2.97. The smallest absolute Gasteiger partial charge is 0.345 e. The number of rotatable bonds is 9. The van der Waals surface area contributed by atoms with E-state index < -0.39 is 41.1 Å². The molecule has 0 saturated heterocycles. The van der Waals surface area contributed by atoms with Crippen LogP contribution >= 0.6 is 0 Å². The van der Waals surface area contributed by atoms with Crippen molar-refractivity contribution in [3.05, 3.63) is 69.8 Å². The van der Waals surface area contributed by atoms with Crippen LogP contribution in [-0.2, 0) is 14.2 Å². The monoisotopic (exact) mass is 556 g/mol. The third-order valence-corrected chi connectivity index (χ3v) is 6.27. The Morgan fingerprint density at radius 2 is 0.750 bits per heavy atom. The highest BCUT2D eigenvalue weighted by atomic mass is 16.5. The third kappa shape index (κ3) is 4.98. The van der Waals surface area contributed by atoms with E-state index in [9.17, 15) is 29.7 Å². The Balaban J connectivity index is 2.52. The maximum Gasteiger partial charge on any atom is 0.345 e. The average molecular weight is 557 g/mol. The van der Waals surface area contributed by atoms with Crippen molar-refractivity contribution in [1.82, 2.24) is 0 Å². The lowest BCUT2D eigenvalue weighted by Gasteiger charge is -2.25. The van der Waals surface area contributed by atoms with E-state index in [2.05, 4.69) is 0 Å². The van der Waals surface area contributed by atoms with Crippen LogP contribution < -0.4 is 14.2 Å². The first-order chi connectivity index (χ1) is 19.1. The molecular weight excluding hydrogens is 528 g/mol. The zero-order valence-corrected chi connectivity index (χ0v) is 22.6. The van der Waals surface area contributed by atoms with Crippen LogP contribution in [0.25, 0.3) is 0 Å². The van der Waals surface area contributed by atoms with E-state index in [1.165, 1.54) is 57.7 Å². The van der Waals surface area contributed by atoms with Gasteiger partial charge in [0.2, 0.25) is 0 Å². The molecule has 0 bridgehead atoms.